The van der Waals surface area contributed by atoms with E-state index in [1.807, 2.05) is 32.0 Å². The summed E-state index contributed by atoms with van der Waals surface area (Å²) in [6.45, 7) is 4.34. The summed E-state index contributed by atoms with van der Waals surface area (Å²) in [7, 11) is 3.03. The van der Waals surface area contributed by atoms with Crippen molar-refractivity contribution in [3.8, 4) is 17.2 Å². The number of ketones is 1. The van der Waals surface area contributed by atoms with Gasteiger partial charge in [0.05, 0.1) is 36.6 Å². The molecule has 1 aliphatic heterocycles. The largest absolute Gasteiger partial charge is 0.507 e. The zero-order valence-corrected chi connectivity index (χ0v) is 22.2. The standard InChI is InChI=1S/C29H26N2O6S/c1-5-37-18-9-7-17(8-10-18)26(32)24-25(20-15-19(35-3)11-13-22(20)36-4)31(28(34)27(24)33)29-30-21-12-6-16(2)14-23(21)38-29/h6-15,25,32H,5H2,1-4H3/b26-24+/t25-/m0/s1. The molecule has 5 rings (SSSR count). The first-order valence-electron chi connectivity index (χ1n) is 12.0. The number of benzene rings is 3. The number of rotatable bonds is 7. The molecule has 1 amide bonds. The Morgan fingerprint density at radius 3 is 2.42 bits per heavy atom. The molecule has 0 aliphatic carbocycles. The number of aliphatic hydroxyl groups excluding tert-OH is 1. The average molecular weight is 531 g/mol. The normalized spacial score (nSPS) is 16.7. The van der Waals surface area contributed by atoms with Gasteiger partial charge in [0.1, 0.15) is 29.0 Å². The third-order valence-electron chi connectivity index (χ3n) is 6.35. The van der Waals surface area contributed by atoms with E-state index in [0.717, 1.165) is 10.3 Å². The number of carbonyl (C=O) groups excluding carboxylic acids is 2. The lowest BCUT2D eigenvalue weighted by molar-refractivity contribution is -0.132. The number of aromatic nitrogens is 1. The molecule has 0 saturated carbocycles. The number of hydrogen-bond donors (Lipinski definition) is 1. The summed E-state index contributed by atoms with van der Waals surface area (Å²) in [6.07, 6.45) is 0. The summed E-state index contributed by atoms with van der Waals surface area (Å²) < 4.78 is 17.4. The van der Waals surface area contributed by atoms with Crippen molar-refractivity contribution in [2.24, 2.45) is 0 Å². The molecule has 1 aliphatic rings. The van der Waals surface area contributed by atoms with Gasteiger partial charge in [0.15, 0.2) is 5.13 Å². The van der Waals surface area contributed by atoms with Crippen molar-refractivity contribution < 1.29 is 28.9 Å². The van der Waals surface area contributed by atoms with Gasteiger partial charge in [-0.2, -0.15) is 0 Å². The second-order valence-corrected chi connectivity index (χ2v) is 9.71. The van der Waals surface area contributed by atoms with Crippen LogP contribution in [-0.2, 0) is 9.59 Å². The Hall–Kier alpha value is -4.37. The van der Waals surface area contributed by atoms with Crippen molar-refractivity contribution in [3.63, 3.8) is 0 Å². The fraction of sp³-hybridized carbons (Fsp3) is 0.207. The van der Waals surface area contributed by atoms with Gasteiger partial charge in [-0.15, -0.1) is 0 Å². The monoisotopic (exact) mass is 530 g/mol. The van der Waals surface area contributed by atoms with Gasteiger partial charge in [0.2, 0.25) is 0 Å². The lowest BCUT2D eigenvalue weighted by Gasteiger charge is -2.25. The predicted octanol–water partition coefficient (Wildman–Crippen LogP) is 5.65. The van der Waals surface area contributed by atoms with Crippen molar-refractivity contribution in [1.29, 1.82) is 0 Å². The number of anilines is 1. The molecule has 1 saturated heterocycles. The fourth-order valence-electron chi connectivity index (χ4n) is 4.53. The van der Waals surface area contributed by atoms with Gasteiger partial charge in [-0.05, 0) is 74.0 Å². The molecule has 0 spiro atoms. The molecule has 1 atom stereocenters. The van der Waals surface area contributed by atoms with Crippen LogP contribution in [0.15, 0.2) is 66.2 Å². The molecule has 1 fully saturated rings. The molecule has 8 nitrogen and oxygen atoms in total. The van der Waals surface area contributed by atoms with E-state index < -0.39 is 17.7 Å². The molecule has 0 bridgehead atoms. The van der Waals surface area contributed by atoms with Crippen molar-refractivity contribution in [2.45, 2.75) is 19.9 Å². The molecular formula is C29H26N2O6S. The molecule has 1 N–H and O–H groups in total. The van der Waals surface area contributed by atoms with E-state index in [9.17, 15) is 14.7 Å². The molecule has 0 radical (unpaired) electrons. The Labute approximate surface area is 223 Å². The number of thiazole rings is 1. The highest BCUT2D eigenvalue weighted by Gasteiger charge is 2.49. The third kappa shape index (κ3) is 4.35. The van der Waals surface area contributed by atoms with Crippen LogP contribution in [0.25, 0.3) is 16.0 Å². The minimum Gasteiger partial charge on any atom is -0.507 e. The van der Waals surface area contributed by atoms with Crippen molar-refractivity contribution >= 4 is 44.1 Å². The summed E-state index contributed by atoms with van der Waals surface area (Å²) in [6, 6.07) is 16.6. The average Bonchev–Trinajstić information content (AvgIpc) is 3.45. The highest BCUT2D eigenvalue weighted by molar-refractivity contribution is 7.22. The van der Waals surface area contributed by atoms with E-state index in [0.29, 0.717) is 45.6 Å². The SMILES string of the molecule is CCOc1ccc(/C(O)=C2\C(=O)C(=O)N(c3nc4ccc(C)cc4s3)[C@H]2c2cc(OC)ccc2OC)cc1. The van der Waals surface area contributed by atoms with Crippen LogP contribution in [0.2, 0.25) is 0 Å². The lowest BCUT2D eigenvalue weighted by atomic mass is 9.94. The Kier molecular flexibility index (Phi) is 6.77. The van der Waals surface area contributed by atoms with Crippen LogP contribution in [0.3, 0.4) is 0 Å². The van der Waals surface area contributed by atoms with Gasteiger partial charge in [-0.25, -0.2) is 4.98 Å². The van der Waals surface area contributed by atoms with E-state index in [-0.39, 0.29) is 11.3 Å². The summed E-state index contributed by atoms with van der Waals surface area (Å²) in [5, 5.41) is 11.8. The number of Topliss-reactive ketones (excluding diaryl/α,β-unsaturated/α-hetero) is 1. The van der Waals surface area contributed by atoms with Crippen molar-refractivity contribution in [3.05, 3.63) is 82.9 Å². The zero-order chi connectivity index (χ0) is 27.0. The van der Waals surface area contributed by atoms with Crippen molar-refractivity contribution in [1.82, 2.24) is 4.98 Å². The Morgan fingerprint density at radius 1 is 1.00 bits per heavy atom. The second kappa shape index (κ2) is 10.2. The molecule has 4 aromatic rings. The number of aryl methyl sites for hydroxylation is 1. The van der Waals surface area contributed by atoms with Gasteiger partial charge in [0.25, 0.3) is 5.78 Å². The van der Waals surface area contributed by atoms with Gasteiger partial charge < -0.3 is 19.3 Å². The summed E-state index contributed by atoms with van der Waals surface area (Å²) in [4.78, 5) is 33.1. The lowest BCUT2D eigenvalue weighted by Crippen LogP contribution is -2.29. The number of aliphatic hydroxyl groups is 1. The number of methoxy groups -OCH3 is 2. The molecule has 1 aromatic heterocycles. The molecular weight excluding hydrogens is 504 g/mol. The van der Waals surface area contributed by atoms with Crippen LogP contribution in [0.4, 0.5) is 5.13 Å². The highest BCUT2D eigenvalue weighted by Crippen LogP contribution is 2.47. The van der Waals surface area contributed by atoms with Gasteiger partial charge in [-0.3, -0.25) is 14.5 Å². The first-order chi connectivity index (χ1) is 18.4. The van der Waals surface area contributed by atoms with Gasteiger partial charge in [0, 0.05) is 11.1 Å². The maximum absolute atomic E-state index is 13.6. The third-order valence-corrected chi connectivity index (χ3v) is 7.37. The molecule has 2 heterocycles. The van der Waals surface area contributed by atoms with Crippen LogP contribution in [0.1, 0.15) is 29.7 Å². The predicted molar refractivity (Wildman–Crippen MR) is 146 cm³/mol. The number of nitrogens with zero attached hydrogens (tertiary/aromatic N) is 2. The van der Waals surface area contributed by atoms with Crippen LogP contribution < -0.4 is 19.1 Å². The highest BCUT2D eigenvalue weighted by atomic mass is 32.1. The maximum atomic E-state index is 13.6. The second-order valence-electron chi connectivity index (χ2n) is 8.70. The van der Waals surface area contributed by atoms with Gasteiger partial charge >= 0.3 is 5.91 Å². The van der Waals surface area contributed by atoms with Crippen molar-refractivity contribution in [2.75, 3.05) is 25.7 Å². The zero-order valence-electron chi connectivity index (χ0n) is 21.3. The number of ether oxygens (including phenoxy) is 3. The minimum absolute atomic E-state index is 0.0684. The Balaban J connectivity index is 1.74. The van der Waals surface area contributed by atoms with E-state index in [1.54, 1.807) is 42.5 Å². The molecule has 9 heteroatoms. The fourth-order valence-corrected chi connectivity index (χ4v) is 5.62. The molecule has 38 heavy (non-hydrogen) atoms. The quantitative estimate of drug-likeness (QED) is 0.187. The number of hydrogen-bond acceptors (Lipinski definition) is 8. The minimum atomic E-state index is -1.01. The van der Waals surface area contributed by atoms with Crippen LogP contribution >= 0.6 is 11.3 Å². The molecule has 194 valence electrons. The van der Waals surface area contributed by atoms with Crippen LogP contribution in [0, 0.1) is 6.92 Å². The topological polar surface area (TPSA) is 98.2 Å². The first-order valence-corrected chi connectivity index (χ1v) is 12.8. The van der Waals surface area contributed by atoms with E-state index >= 15 is 0 Å². The van der Waals surface area contributed by atoms with Gasteiger partial charge in [-0.1, -0.05) is 17.4 Å². The Bertz CT molecular complexity index is 1570. The first kappa shape index (κ1) is 25.3. The smallest absolute Gasteiger partial charge is 0.301 e. The number of amides is 1. The summed E-state index contributed by atoms with van der Waals surface area (Å²) >= 11 is 1.30. The maximum Gasteiger partial charge on any atom is 0.301 e. The summed E-state index contributed by atoms with van der Waals surface area (Å²) in [5.74, 6) is -0.351. The Morgan fingerprint density at radius 2 is 1.74 bits per heavy atom. The number of fused-ring (bicyclic) bond motifs is 1. The van der Waals surface area contributed by atoms with Crippen LogP contribution in [0.5, 0.6) is 17.2 Å². The molecule has 3 aromatic carbocycles. The van der Waals surface area contributed by atoms with Crippen LogP contribution in [-0.4, -0.2) is 42.6 Å². The van der Waals surface area contributed by atoms with E-state index in [1.165, 1.54) is 30.5 Å². The number of carbonyl (C=O) groups is 2. The molecule has 0 unspecified atom stereocenters. The van der Waals surface area contributed by atoms with E-state index in [2.05, 4.69) is 4.98 Å². The summed E-state index contributed by atoms with van der Waals surface area (Å²) in [5.41, 5.74) is 2.55. The van der Waals surface area contributed by atoms with E-state index in [4.69, 9.17) is 14.2 Å².